The number of halogens is 1. The zero-order chi connectivity index (χ0) is 30.4. The first kappa shape index (κ1) is 42.0. The van der Waals surface area contributed by atoms with E-state index in [2.05, 4.69) is 20.8 Å². The van der Waals surface area contributed by atoms with Crippen LogP contribution in [0.3, 0.4) is 0 Å². The van der Waals surface area contributed by atoms with E-state index < -0.39 is 0 Å². The van der Waals surface area contributed by atoms with Gasteiger partial charge in [-0.1, -0.05) is 15.9 Å². The Labute approximate surface area is 262 Å². The first-order valence-electron chi connectivity index (χ1n) is 14.9. The van der Waals surface area contributed by atoms with E-state index in [0.717, 1.165) is 18.5 Å². The summed E-state index contributed by atoms with van der Waals surface area (Å²) in [6.45, 7) is 14.2. The molecule has 0 aliphatic rings. The predicted molar refractivity (Wildman–Crippen MR) is 162 cm³/mol. The molecule has 0 aromatic rings. The molecule has 254 valence electrons. The number of nitrogens with zero attached hydrogens (tertiary/aromatic N) is 1. The Balaban J connectivity index is 3.03. The molecule has 0 aromatic heterocycles. The fourth-order valence-corrected chi connectivity index (χ4v) is 3.05. The van der Waals surface area contributed by atoms with E-state index in [4.69, 9.17) is 56.8 Å². The molecule has 0 aliphatic heterocycles. The summed E-state index contributed by atoms with van der Waals surface area (Å²) >= 11 is 3.30. The predicted octanol–water partition coefficient (Wildman–Crippen LogP) is 1.14. The lowest BCUT2D eigenvalue weighted by atomic mass is 10.6. The van der Waals surface area contributed by atoms with Crippen molar-refractivity contribution in [3.63, 3.8) is 0 Å². The maximum Gasteiger partial charge on any atom is 0.0701 e. The molecule has 13 nitrogen and oxygen atoms in total. The molecule has 0 unspecified atom stereocenters. The first-order valence-corrected chi connectivity index (χ1v) is 16.0. The molecule has 14 heteroatoms. The third-order valence-electron chi connectivity index (χ3n) is 5.00. The number of rotatable bonds is 38. The highest BCUT2D eigenvalue weighted by Gasteiger charge is 1.97. The molecule has 0 N–H and O–H groups in total. The maximum absolute atomic E-state index is 5.48. The molecule has 0 aliphatic carbocycles. The second-order valence-corrected chi connectivity index (χ2v) is 9.63. The summed E-state index contributed by atoms with van der Waals surface area (Å²) in [5.74, 6) is 0. The molecule has 0 spiro atoms. The van der Waals surface area contributed by atoms with Crippen molar-refractivity contribution in [2.24, 2.45) is 0 Å². The maximum atomic E-state index is 5.48. The fourth-order valence-electron chi connectivity index (χ4n) is 2.82. The number of hydrogen-bond acceptors (Lipinski definition) is 13. The smallest absolute Gasteiger partial charge is 0.0701 e. The summed E-state index contributed by atoms with van der Waals surface area (Å²) in [4.78, 5) is 2.08. The second-order valence-electron chi connectivity index (χ2n) is 8.84. The number of hydrogen-bond donors (Lipinski definition) is 0. The Morgan fingerprint density at radius 1 is 0.286 bits per heavy atom. The molecular weight excluding hydrogens is 622 g/mol. The van der Waals surface area contributed by atoms with Crippen molar-refractivity contribution in [2.45, 2.75) is 0 Å². The molecule has 0 fully saturated rings. The minimum absolute atomic E-state index is 0.517. The van der Waals surface area contributed by atoms with Gasteiger partial charge in [0.05, 0.1) is 159 Å². The van der Waals surface area contributed by atoms with E-state index in [0.29, 0.717) is 152 Å². The van der Waals surface area contributed by atoms with Crippen LogP contribution in [0.2, 0.25) is 0 Å². The Bertz CT molecular complexity index is 486. The van der Waals surface area contributed by atoms with Gasteiger partial charge in [-0.05, 0) is 14.1 Å². The Hall–Kier alpha value is -0.0400. The quantitative estimate of drug-likeness (QED) is 0.0687. The van der Waals surface area contributed by atoms with Crippen molar-refractivity contribution in [1.82, 2.24) is 4.90 Å². The van der Waals surface area contributed by atoms with Gasteiger partial charge in [0.1, 0.15) is 0 Å². The average molecular weight is 681 g/mol. The molecule has 0 atom stereocenters. The van der Waals surface area contributed by atoms with Gasteiger partial charge in [0.25, 0.3) is 0 Å². The van der Waals surface area contributed by atoms with Crippen LogP contribution in [0.5, 0.6) is 0 Å². The summed E-state index contributed by atoms with van der Waals surface area (Å²) in [7, 11) is 4.04. The van der Waals surface area contributed by atoms with Crippen molar-refractivity contribution in [2.75, 3.05) is 185 Å². The van der Waals surface area contributed by atoms with Crippen LogP contribution >= 0.6 is 15.9 Å². The van der Waals surface area contributed by atoms with Crippen LogP contribution in [-0.2, 0) is 56.8 Å². The minimum atomic E-state index is 0.517. The summed E-state index contributed by atoms with van der Waals surface area (Å²) in [5.41, 5.74) is 0. The highest BCUT2D eigenvalue weighted by Crippen LogP contribution is 1.88. The molecule has 0 radical (unpaired) electrons. The summed E-state index contributed by atoms with van der Waals surface area (Å²) in [5, 5.41) is 0.839. The number of ether oxygens (including phenoxy) is 12. The average Bonchev–Trinajstić information content (AvgIpc) is 2.98. The number of alkyl halides is 1. The van der Waals surface area contributed by atoms with Gasteiger partial charge in [0, 0.05) is 11.9 Å². The van der Waals surface area contributed by atoms with E-state index in [1.807, 2.05) is 14.1 Å². The molecule has 0 saturated heterocycles. The van der Waals surface area contributed by atoms with Crippen LogP contribution in [0.25, 0.3) is 0 Å². The highest BCUT2D eigenvalue weighted by atomic mass is 79.9. The molecule has 0 bridgehead atoms. The molecule has 42 heavy (non-hydrogen) atoms. The molecule has 0 amide bonds. The standard InChI is InChI=1S/C28H58BrNO12/c1-30(2)4-6-32-8-10-34-12-14-36-16-18-38-20-22-40-24-26-42-28-27-41-25-23-39-21-19-37-17-15-35-13-11-33-9-7-31-5-3-29/h3-28H2,1-2H3. The van der Waals surface area contributed by atoms with Gasteiger partial charge in [0.15, 0.2) is 0 Å². The van der Waals surface area contributed by atoms with Gasteiger partial charge in [-0.3, -0.25) is 0 Å². The monoisotopic (exact) mass is 679 g/mol. The van der Waals surface area contributed by atoms with E-state index in [-0.39, 0.29) is 0 Å². The van der Waals surface area contributed by atoms with E-state index in [1.165, 1.54) is 0 Å². The molecule has 0 saturated carbocycles. The Morgan fingerprint density at radius 2 is 0.452 bits per heavy atom. The Kier molecular flexibility index (Phi) is 38.9. The van der Waals surface area contributed by atoms with Gasteiger partial charge in [-0.2, -0.15) is 0 Å². The zero-order valence-corrected chi connectivity index (χ0v) is 27.7. The van der Waals surface area contributed by atoms with Gasteiger partial charge >= 0.3 is 0 Å². The van der Waals surface area contributed by atoms with Crippen molar-refractivity contribution in [1.29, 1.82) is 0 Å². The van der Waals surface area contributed by atoms with Crippen LogP contribution < -0.4 is 0 Å². The molecule has 0 heterocycles. The van der Waals surface area contributed by atoms with Crippen molar-refractivity contribution >= 4 is 15.9 Å². The lowest BCUT2D eigenvalue weighted by Crippen LogP contribution is -2.19. The van der Waals surface area contributed by atoms with Crippen LogP contribution in [0.4, 0.5) is 0 Å². The lowest BCUT2D eigenvalue weighted by molar-refractivity contribution is -0.0283. The van der Waals surface area contributed by atoms with Crippen LogP contribution in [-0.4, -0.2) is 189 Å². The lowest BCUT2D eigenvalue weighted by Gasteiger charge is -2.10. The van der Waals surface area contributed by atoms with Crippen LogP contribution in [0, 0.1) is 0 Å². The zero-order valence-electron chi connectivity index (χ0n) is 26.1. The second kappa shape index (κ2) is 39.0. The molecule has 0 aromatic carbocycles. The van der Waals surface area contributed by atoms with Crippen molar-refractivity contribution < 1.29 is 56.8 Å². The van der Waals surface area contributed by atoms with E-state index in [9.17, 15) is 0 Å². The van der Waals surface area contributed by atoms with E-state index >= 15 is 0 Å². The summed E-state index contributed by atoms with van der Waals surface area (Å²) < 4.78 is 65.3. The molecular formula is C28H58BrNO12. The van der Waals surface area contributed by atoms with E-state index in [1.54, 1.807) is 0 Å². The van der Waals surface area contributed by atoms with Crippen LogP contribution in [0.1, 0.15) is 0 Å². The topological polar surface area (TPSA) is 114 Å². The summed E-state index contributed by atoms with van der Waals surface area (Å²) in [6, 6.07) is 0. The fraction of sp³-hybridized carbons (Fsp3) is 1.00. The SMILES string of the molecule is CN(C)CCOCCOCCOCCOCCOCCOCCOCCOCCOCCOCCOCCOCCBr. The van der Waals surface area contributed by atoms with Gasteiger partial charge in [-0.15, -0.1) is 0 Å². The van der Waals surface area contributed by atoms with Crippen molar-refractivity contribution in [3.05, 3.63) is 0 Å². The van der Waals surface area contributed by atoms with Crippen LogP contribution in [0.15, 0.2) is 0 Å². The number of likely N-dealkylation sites (N-methyl/N-ethyl adjacent to an activating group) is 1. The largest absolute Gasteiger partial charge is 0.378 e. The third kappa shape index (κ3) is 40.0. The summed E-state index contributed by atoms with van der Waals surface area (Å²) in [6.07, 6.45) is 0. The third-order valence-corrected chi connectivity index (χ3v) is 5.32. The minimum Gasteiger partial charge on any atom is -0.378 e. The first-order chi connectivity index (χ1) is 20.8. The van der Waals surface area contributed by atoms with Gasteiger partial charge in [0.2, 0.25) is 0 Å². The van der Waals surface area contributed by atoms with Gasteiger partial charge < -0.3 is 61.7 Å². The Morgan fingerprint density at radius 3 is 0.619 bits per heavy atom. The van der Waals surface area contributed by atoms with Crippen molar-refractivity contribution in [3.8, 4) is 0 Å². The highest BCUT2D eigenvalue weighted by molar-refractivity contribution is 9.09. The molecule has 0 rings (SSSR count). The normalized spacial score (nSPS) is 11.7. The van der Waals surface area contributed by atoms with Gasteiger partial charge in [-0.25, -0.2) is 0 Å².